The molecule has 0 amide bonds. The van der Waals surface area contributed by atoms with Crippen LogP contribution in [0.15, 0.2) is 24.3 Å². The highest BCUT2D eigenvalue weighted by Gasteiger charge is 2.17. The lowest BCUT2D eigenvalue weighted by Crippen LogP contribution is -2.35. The van der Waals surface area contributed by atoms with Crippen molar-refractivity contribution >= 4 is 0 Å². The monoisotopic (exact) mass is 279 g/mol. The van der Waals surface area contributed by atoms with Gasteiger partial charge in [-0.3, -0.25) is 0 Å². The highest BCUT2D eigenvalue weighted by molar-refractivity contribution is 5.27. The van der Waals surface area contributed by atoms with E-state index in [-0.39, 0.29) is 5.41 Å². The van der Waals surface area contributed by atoms with Gasteiger partial charge < -0.3 is 14.8 Å². The molecule has 0 radical (unpaired) electrons. The van der Waals surface area contributed by atoms with Gasteiger partial charge in [0.1, 0.15) is 5.75 Å². The number of nitrogens with one attached hydrogen (secondary N) is 1. The van der Waals surface area contributed by atoms with Crippen LogP contribution in [0.2, 0.25) is 0 Å². The van der Waals surface area contributed by atoms with E-state index in [9.17, 15) is 0 Å². The standard InChI is InChI=1S/C17H29NO2/c1-14(2)10-18-12-17(3,4)13-20-11-15-7-6-8-16(9-15)19-5/h6-9,14,18H,10-13H2,1-5H3. The average molecular weight is 279 g/mol. The summed E-state index contributed by atoms with van der Waals surface area (Å²) < 4.78 is 11.1. The minimum absolute atomic E-state index is 0.147. The lowest BCUT2D eigenvalue weighted by Gasteiger charge is -2.25. The second-order valence-corrected chi connectivity index (χ2v) is 6.53. The van der Waals surface area contributed by atoms with E-state index in [1.165, 1.54) is 0 Å². The van der Waals surface area contributed by atoms with Crippen molar-refractivity contribution in [3.63, 3.8) is 0 Å². The molecule has 0 saturated heterocycles. The van der Waals surface area contributed by atoms with Gasteiger partial charge >= 0.3 is 0 Å². The molecule has 0 fully saturated rings. The van der Waals surface area contributed by atoms with Gasteiger partial charge in [-0.1, -0.05) is 39.8 Å². The quantitative estimate of drug-likeness (QED) is 0.750. The molecule has 0 unspecified atom stereocenters. The molecule has 0 aliphatic rings. The van der Waals surface area contributed by atoms with E-state index in [1.807, 2.05) is 18.2 Å². The van der Waals surface area contributed by atoms with E-state index >= 15 is 0 Å². The summed E-state index contributed by atoms with van der Waals surface area (Å²) >= 11 is 0. The minimum Gasteiger partial charge on any atom is -0.497 e. The Balaban J connectivity index is 2.31. The van der Waals surface area contributed by atoms with Gasteiger partial charge in [0.15, 0.2) is 0 Å². The van der Waals surface area contributed by atoms with Crippen LogP contribution in [-0.4, -0.2) is 26.8 Å². The third-order valence-corrected chi connectivity index (χ3v) is 3.05. The molecule has 1 aromatic rings. The van der Waals surface area contributed by atoms with Crippen LogP contribution >= 0.6 is 0 Å². The maximum atomic E-state index is 5.85. The Hall–Kier alpha value is -1.06. The van der Waals surface area contributed by atoms with E-state index in [4.69, 9.17) is 9.47 Å². The Morgan fingerprint density at radius 2 is 2.00 bits per heavy atom. The largest absolute Gasteiger partial charge is 0.497 e. The molecule has 0 aromatic heterocycles. The third-order valence-electron chi connectivity index (χ3n) is 3.05. The van der Waals surface area contributed by atoms with Crippen molar-refractivity contribution < 1.29 is 9.47 Å². The Bertz CT molecular complexity index is 388. The van der Waals surface area contributed by atoms with Crippen LogP contribution in [0.1, 0.15) is 33.3 Å². The molecule has 0 heterocycles. The molecule has 0 saturated carbocycles. The van der Waals surface area contributed by atoms with Crippen molar-refractivity contribution in [2.75, 3.05) is 26.8 Å². The second kappa shape index (κ2) is 8.28. The van der Waals surface area contributed by atoms with E-state index < -0.39 is 0 Å². The maximum Gasteiger partial charge on any atom is 0.119 e. The first-order valence-corrected chi connectivity index (χ1v) is 7.34. The normalized spacial score (nSPS) is 11.9. The van der Waals surface area contributed by atoms with Crippen LogP contribution in [0.25, 0.3) is 0 Å². The summed E-state index contributed by atoms with van der Waals surface area (Å²) in [7, 11) is 1.68. The van der Waals surface area contributed by atoms with E-state index in [0.29, 0.717) is 12.5 Å². The number of hydrogen-bond donors (Lipinski definition) is 1. The zero-order valence-electron chi connectivity index (χ0n) is 13.5. The van der Waals surface area contributed by atoms with Crippen LogP contribution in [0, 0.1) is 11.3 Å². The molecular weight excluding hydrogens is 250 g/mol. The summed E-state index contributed by atoms with van der Waals surface area (Å²) in [6, 6.07) is 8.02. The van der Waals surface area contributed by atoms with Crippen LogP contribution in [-0.2, 0) is 11.3 Å². The maximum absolute atomic E-state index is 5.85. The van der Waals surface area contributed by atoms with Crippen molar-refractivity contribution in [3.8, 4) is 5.75 Å². The zero-order valence-corrected chi connectivity index (χ0v) is 13.5. The van der Waals surface area contributed by atoms with Crippen LogP contribution in [0.5, 0.6) is 5.75 Å². The van der Waals surface area contributed by atoms with Crippen molar-refractivity contribution in [2.45, 2.75) is 34.3 Å². The number of methoxy groups -OCH3 is 1. The minimum atomic E-state index is 0.147. The molecule has 0 spiro atoms. The van der Waals surface area contributed by atoms with Gasteiger partial charge in [-0.05, 0) is 30.2 Å². The molecule has 3 nitrogen and oxygen atoms in total. The summed E-state index contributed by atoms with van der Waals surface area (Å²) in [4.78, 5) is 0. The molecular formula is C17H29NO2. The molecule has 1 aromatic carbocycles. The first-order valence-electron chi connectivity index (χ1n) is 7.34. The highest BCUT2D eigenvalue weighted by atomic mass is 16.5. The summed E-state index contributed by atoms with van der Waals surface area (Å²) in [5.41, 5.74) is 1.30. The van der Waals surface area contributed by atoms with Crippen molar-refractivity contribution in [1.82, 2.24) is 5.32 Å². The van der Waals surface area contributed by atoms with E-state index in [1.54, 1.807) is 7.11 Å². The molecule has 0 atom stereocenters. The lowest BCUT2D eigenvalue weighted by molar-refractivity contribution is 0.0509. The molecule has 3 heteroatoms. The molecule has 20 heavy (non-hydrogen) atoms. The fourth-order valence-corrected chi connectivity index (χ4v) is 1.96. The van der Waals surface area contributed by atoms with Gasteiger partial charge in [-0.25, -0.2) is 0 Å². The number of hydrogen-bond acceptors (Lipinski definition) is 3. The van der Waals surface area contributed by atoms with Gasteiger partial charge in [-0.15, -0.1) is 0 Å². The van der Waals surface area contributed by atoms with Gasteiger partial charge in [0.2, 0.25) is 0 Å². The average Bonchev–Trinajstić information content (AvgIpc) is 2.38. The van der Waals surface area contributed by atoms with Crippen LogP contribution < -0.4 is 10.1 Å². The number of benzene rings is 1. The van der Waals surface area contributed by atoms with Gasteiger partial charge in [0, 0.05) is 12.0 Å². The molecule has 114 valence electrons. The first-order chi connectivity index (χ1) is 9.43. The smallest absolute Gasteiger partial charge is 0.119 e. The highest BCUT2D eigenvalue weighted by Crippen LogP contribution is 2.17. The number of rotatable bonds is 9. The summed E-state index contributed by atoms with van der Waals surface area (Å²) in [6.45, 7) is 12.3. The molecule has 0 aliphatic heterocycles. The molecule has 1 rings (SSSR count). The van der Waals surface area contributed by atoms with Crippen molar-refractivity contribution in [1.29, 1.82) is 0 Å². The Labute approximate surface area is 123 Å². The van der Waals surface area contributed by atoms with Crippen LogP contribution in [0.3, 0.4) is 0 Å². The topological polar surface area (TPSA) is 30.5 Å². The Morgan fingerprint density at radius 1 is 1.25 bits per heavy atom. The number of ether oxygens (including phenoxy) is 2. The molecule has 0 bridgehead atoms. The molecule has 0 aliphatic carbocycles. The first kappa shape index (κ1) is 17.0. The predicted molar refractivity (Wildman–Crippen MR) is 84.1 cm³/mol. The van der Waals surface area contributed by atoms with E-state index in [2.05, 4.69) is 39.1 Å². The second-order valence-electron chi connectivity index (χ2n) is 6.53. The van der Waals surface area contributed by atoms with Crippen LogP contribution in [0.4, 0.5) is 0 Å². The lowest BCUT2D eigenvalue weighted by atomic mass is 9.94. The fourth-order valence-electron chi connectivity index (χ4n) is 1.96. The van der Waals surface area contributed by atoms with Gasteiger partial charge in [-0.2, -0.15) is 0 Å². The van der Waals surface area contributed by atoms with Crippen molar-refractivity contribution in [3.05, 3.63) is 29.8 Å². The molecule has 1 N–H and O–H groups in total. The van der Waals surface area contributed by atoms with Gasteiger partial charge in [0.05, 0.1) is 20.3 Å². The summed E-state index contributed by atoms with van der Waals surface area (Å²) in [5.74, 6) is 1.56. The SMILES string of the molecule is COc1cccc(COCC(C)(C)CNCC(C)C)c1. The Morgan fingerprint density at radius 3 is 2.65 bits per heavy atom. The van der Waals surface area contributed by atoms with Crippen molar-refractivity contribution in [2.24, 2.45) is 11.3 Å². The summed E-state index contributed by atoms with van der Waals surface area (Å²) in [5, 5.41) is 3.49. The zero-order chi connectivity index (χ0) is 15.0. The summed E-state index contributed by atoms with van der Waals surface area (Å²) in [6.07, 6.45) is 0. The third kappa shape index (κ3) is 6.92. The van der Waals surface area contributed by atoms with E-state index in [0.717, 1.165) is 31.0 Å². The predicted octanol–water partition coefficient (Wildman–Crippen LogP) is 3.48. The fraction of sp³-hybridized carbons (Fsp3) is 0.647. The Kier molecular flexibility index (Phi) is 7.03. The van der Waals surface area contributed by atoms with Gasteiger partial charge in [0.25, 0.3) is 0 Å².